The number of hydrogen-bond donors (Lipinski definition) is 2. The van der Waals surface area contributed by atoms with Crippen LogP contribution in [-0.2, 0) is 9.59 Å². The van der Waals surface area contributed by atoms with Crippen LogP contribution in [0.3, 0.4) is 0 Å². The molecule has 0 spiro atoms. The van der Waals surface area contributed by atoms with Crippen molar-refractivity contribution in [3.8, 4) is 17.1 Å². The Balaban J connectivity index is 1.64. The maximum Gasteiger partial charge on any atom is 0.265 e. The average Bonchev–Trinajstić information content (AvgIpc) is 2.85. The fraction of sp³-hybridized carbons (Fsp3) is 0.148. The third kappa shape index (κ3) is 4.99. The van der Waals surface area contributed by atoms with Crippen LogP contribution >= 0.6 is 0 Å². The van der Waals surface area contributed by atoms with E-state index in [1.54, 1.807) is 55.5 Å². The van der Waals surface area contributed by atoms with E-state index in [2.05, 4.69) is 10.6 Å². The molecule has 0 aliphatic heterocycles. The van der Waals surface area contributed by atoms with E-state index in [1.165, 1.54) is 6.92 Å². The standard InChI is InChI=1S/C27H24N2O5/c1-3-22(27(32)29-20-15-13-19(14-16-20)28-17(2)30)33-26-24(31)21-11-7-8-12-23(21)34-25(26)18-9-5-4-6-10-18/h4-16,22H,3H2,1-2H3,(H,28,30)(H,29,32). The van der Waals surface area contributed by atoms with Crippen LogP contribution in [0.2, 0.25) is 0 Å². The number of benzene rings is 3. The Bertz CT molecular complexity index is 1380. The summed E-state index contributed by atoms with van der Waals surface area (Å²) in [6, 6.07) is 22.8. The monoisotopic (exact) mass is 456 g/mol. The molecule has 7 heteroatoms. The summed E-state index contributed by atoms with van der Waals surface area (Å²) in [6.45, 7) is 3.22. The van der Waals surface area contributed by atoms with Gasteiger partial charge in [-0.15, -0.1) is 0 Å². The number of amides is 2. The molecular formula is C27H24N2O5. The van der Waals surface area contributed by atoms with Gasteiger partial charge in [-0.3, -0.25) is 14.4 Å². The van der Waals surface area contributed by atoms with E-state index in [0.29, 0.717) is 34.3 Å². The normalized spacial score (nSPS) is 11.6. The van der Waals surface area contributed by atoms with Crippen molar-refractivity contribution in [1.29, 1.82) is 0 Å². The first-order valence-corrected chi connectivity index (χ1v) is 10.9. The van der Waals surface area contributed by atoms with Gasteiger partial charge < -0.3 is 19.8 Å². The third-order valence-corrected chi connectivity index (χ3v) is 5.19. The molecule has 0 fully saturated rings. The van der Waals surface area contributed by atoms with Gasteiger partial charge in [0.15, 0.2) is 11.9 Å². The molecule has 3 aromatic carbocycles. The number of hydrogen-bond acceptors (Lipinski definition) is 5. The highest BCUT2D eigenvalue weighted by Crippen LogP contribution is 2.31. The molecule has 4 rings (SSSR count). The van der Waals surface area contributed by atoms with Crippen molar-refractivity contribution in [3.63, 3.8) is 0 Å². The van der Waals surface area contributed by atoms with Crippen LogP contribution in [0, 0.1) is 0 Å². The van der Waals surface area contributed by atoms with E-state index in [9.17, 15) is 14.4 Å². The van der Waals surface area contributed by atoms with Crippen LogP contribution in [0.5, 0.6) is 5.75 Å². The lowest BCUT2D eigenvalue weighted by Crippen LogP contribution is -2.34. The topological polar surface area (TPSA) is 97.6 Å². The van der Waals surface area contributed by atoms with Crippen LogP contribution in [0.15, 0.2) is 88.1 Å². The molecule has 0 radical (unpaired) electrons. The molecule has 2 amide bonds. The molecule has 0 saturated carbocycles. The summed E-state index contributed by atoms with van der Waals surface area (Å²) in [5.74, 6) is -0.316. The highest BCUT2D eigenvalue weighted by atomic mass is 16.5. The summed E-state index contributed by atoms with van der Waals surface area (Å²) in [7, 11) is 0. The summed E-state index contributed by atoms with van der Waals surface area (Å²) in [5.41, 5.74) is 1.93. The Morgan fingerprint density at radius 1 is 0.882 bits per heavy atom. The summed E-state index contributed by atoms with van der Waals surface area (Å²) in [6.07, 6.45) is -0.599. The Morgan fingerprint density at radius 3 is 2.15 bits per heavy atom. The zero-order chi connectivity index (χ0) is 24.1. The predicted octanol–water partition coefficient (Wildman–Crippen LogP) is 5.21. The van der Waals surface area contributed by atoms with Gasteiger partial charge in [-0.05, 0) is 42.8 Å². The van der Waals surface area contributed by atoms with E-state index in [4.69, 9.17) is 9.15 Å². The molecule has 2 N–H and O–H groups in total. The lowest BCUT2D eigenvalue weighted by Gasteiger charge is -2.19. The van der Waals surface area contributed by atoms with Gasteiger partial charge in [-0.25, -0.2) is 0 Å². The first-order chi connectivity index (χ1) is 16.5. The molecule has 7 nitrogen and oxygen atoms in total. The zero-order valence-electron chi connectivity index (χ0n) is 18.8. The molecular weight excluding hydrogens is 432 g/mol. The minimum Gasteiger partial charge on any atom is -0.473 e. The lowest BCUT2D eigenvalue weighted by atomic mass is 10.1. The van der Waals surface area contributed by atoms with Gasteiger partial charge in [0.05, 0.1) is 5.39 Å². The fourth-order valence-corrected chi connectivity index (χ4v) is 3.54. The number of nitrogens with one attached hydrogen (secondary N) is 2. The summed E-state index contributed by atoms with van der Waals surface area (Å²) in [5, 5.41) is 5.85. The predicted molar refractivity (Wildman–Crippen MR) is 132 cm³/mol. The number of fused-ring (bicyclic) bond motifs is 1. The van der Waals surface area contributed by atoms with Crippen LogP contribution in [0.25, 0.3) is 22.3 Å². The van der Waals surface area contributed by atoms with Crippen LogP contribution in [0.4, 0.5) is 11.4 Å². The number of ether oxygens (including phenoxy) is 1. The molecule has 0 bridgehead atoms. The van der Waals surface area contributed by atoms with E-state index in [0.717, 1.165) is 0 Å². The Hall–Kier alpha value is -4.39. The van der Waals surface area contributed by atoms with Crippen molar-refractivity contribution in [1.82, 2.24) is 0 Å². The van der Waals surface area contributed by atoms with Crippen molar-refractivity contribution in [2.45, 2.75) is 26.4 Å². The Kier molecular flexibility index (Phi) is 6.73. The molecule has 1 heterocycles. The van der Waals surface area contributed by atoms with Gasteiger partial charge in [0.25, 0.3) is 5.91 Å². The summed E-state index contributed by atoms with van der Waals surface area (Å²) >= 11 is 0. The van der Waals surface area contributed by atoms with E-state index in [1.807, 2.05) is 30.3 Å². The summed E-state index contributed by atoms with van der Waals surface area (Å²) < 4.78 is 12.1. The van der Waals surface area contributed by atoms with Gasteiger partial charge in [0.1, 0.15) is 5.58 Å². The molecule has 34 heavy (non-hydrogen) atoms. The van der Waals surface area contributed by atoms with Gasteiger partial charge in [-0.2, -0.15) is 0 Å². The molecule has 1 unspecified atom stereocenters. The van der Waals surface area contributed by atoms with Crippen LogP contribution in [-0.4, -0.2) is 17.9 Å². The SMILES string of the molecule is CCC(Oc1c(-c2ccccc2)oc2ccccc2c1=O)C(=O)Nc1ccc(NC(C)=O)cc1. The quantitative estimate of drug-likeness (QED) is 0.398. The average molecular weight is 456 g/mol. The van der Waals surface area contributed by atoms with E-state index in [-0.39, 0.29) is 22.8 Å². The van der Waals surface area contributed by atoms with Crippen molar-refractivity contribution >= 4 is 34.2 Å². The molecule has 0 aliphatic carbocycles. The molecule has 0 aliphatic rings. The minimum absolute atomic E-state index is 0.00657. The number of carbonyl (C=O) groups excluding carboxylic acids is 2. The smallest absolute Gasteiger partial charge is 0.265 e. The number of anilines is 2. The largest absolute Gasteiger partial charge is 0.473 e. The lowest BCUT2D eigenvalue weighted by molar-refractivity contribution is -0.122. The highest BCUT2D eigenvalue weighted by Gasteiger charge is 2.25. The van der Waals surface area contributed by atoms with Gasteiger partial charge in [0, 0.05) is 23.9 Å². The summed E-state index contributed by atoms with van der Waals surface area (Å²) in [4.78, 5) is 37.5. The molecule has 0 saturated heterocycles. The molecule has 1 aromatic heterocycles. The second-order valence-electron chi connectivity index (χ2n) is 7.71. The fourth-order valence-electron chi connectivity index (χ4n) is 3.54. The first kappa shape index (κ1) is 22.8. The maximum absolute atomic E-state index is 13.3. The van der Waals surface area contributed by atoms with Crippen LogP contribution < -0.4 is 20.8 Å². The van der Waals surface area contributed by atoms with E-state index >= 15 is 0 Å². The van der Waals surface area contributed by atoms with Gasteiger partial charge in [-0.1, -0.05) is 49.4 Å². The number of para-hydroxylation sites is 1. The van der Waals surface area contributed by atoms with Gasteiger partial charge >= 0.3 is 0 Å². The Labute approximate surface area is 196 Å². The zero-order valence-corrected chi connectivity index (χ0v) is 18.8. The highest BCUT2D eigenvalue weighted by molar-refractivity contribution is 5.95. The van der Waals surface area contributed by atoms with Crippen molar-refractivity contribution < 1.29 is 18.7 Å². The minimum atomic E-state index is -0.929. The first-order valence-electron chi connectivity index (χ1n) is 10.9. The number of carbonyl (C=O) groups is 2. The van der Waals surface area contributed by atoms with Crippen molar-refractivity contribution in [2.75, 3.05) is 10.6 Å². The van der Waals surface area contributed by atoms with Gasteiger partial charge in [0.2, 0.25) is 17.1 Å². The van der Waals surface area contributed by atoms with E-state index < -0.39 is 12.0 Å². The molecule has 172 valence electrons. The second-order valence-corrected chi connectivity index (χ2v) is 7.71. The van der Waals surface area contributed by atoms with Crippen LogP contribution in [0.1, 0.15) is 20.3 Å². The molecule has 1 atom stereocenters. The van der Waals surface area contributed by atoms with Crippen molar-refractivity contribution in [2.24, 2.45) is 0 Å². The van der Waals surface area contributed by atoms with Crippen molar-refractivity contribution in [3.05, 3.63) is 89.1 Å². The maximum atomic E-state index is 13.3. The Morgan fingerprint density at radius 2 is 1.50 bits per heavy atom. The number of rotatable bonds is 7. The third-order valence-electron chi connectivity index (χ3n) is 5.19. The molecule has 4 aromatic rings. The second kappa shape index (κ2) is 10.0.